The molecule has 1 aromatic rings. The number of hydrogen-bond donors (Lipinski definition) is 1. The highest BCUT2D eigenvalue weighted by atomic mass is 16.5. The molecule has 1 heterocycles. The molecule has 0 saturated heterocycles. The third-order valence-electron chi connectivity index (χ3n) is 5.96. The standard InChI is InChI=1S/C19H26N2O2/c22-18(17-11-13-7-8-14(17)10-13)21-12-15-4-3-9-20-19(15)23-16-5-1-2-6-16/h3-4,9,13-14,16-17H,1-2,5-8,10-12H2,(H,21,22)/t13-,14-,17+/m0/s1. The van der Waals surface area contributed by atoms with Gasteiger partial charge in [0.15, 0.2) is 0 Å². The van der Waals surface area contributed by atoms with E-state index in [-0.39, 0.29) is 11.8 Å². The van der Waals surface area contributed by atoms with Crippen LogP contribution in [0.15, 0.2) is 18.3 Å². The first-order valence-corrected chi connectivity index (χ1v) is 9.18. The summed E-state index contributed by atoms with van der Waals surface area (Å²) in [4.78, 5) is 16.9. The van der Waals surface area contributed by atoms with E-state index in [1.165, 1.54) is 32.1 Å². The lowest BCUT2D eigenvalue weighted by atomic mass is 9.88. The van der Waals surface area contributed by atoms with Gasteiger partial charge in [-0.1, -0.05) is 12.5 Å². The molecule has 3 aliphatic carbocycles. The number of rotatable bonds is 5. The summed E-state index contributed by atoms with van der Waals surface area (Å²) in [6.45, 7) is 0.530. The summed E-state index contributed by atoms with van der Waals surface area (Å²) in [7, 11) is 0. The van der Waals surface area contributed by atoms with Gasteiger partial charge < -0.3 is 10.1 Å². The maximum absolute atomic E-state index is 12.5. The van der Waals surface area contributed by atoms with Crippen LogP contribution in [0, 0.1) is 17.8 Å². The Morgan fingerprint density at radius 1 is 1.22 bits per heavy atom. The molecule has 3 saturated carbocycles. The predicted octanol–water partition coefficient (Wildman–Crippen LogP) is 3.46. The molecule has 124 valence electrons. The van der Waals surface area contributed by atoms with Crippen LogP contribution in [0.4, 0.5) is 0 Å². The average molecular weight is 314 g/mol. The van der Waals surface area contributed by atoms with Gasteiger partial charge in [-0.05, 0) is 62.8 Å². The normalized spacial score (nSPS) is 29.8. The zero-order valence-corrected chi connectivity index (χ0v) is 13.7. The minimum atomic E-state index is 0.230. The molecule has 0 unspecified atom stereocenters. The van der Waals surface area contributed by atoms with E-state index in [0.29, 0.717) is 24.4 Å². The number of ether oxygens (including phenoxy) is 1. The molecule has 3 aliphatic rings. The quantitative estimate of drug-likeness (QED) is 0.905. The monoisotopic (exact) mass is 314 g/mol. The van der Waals surface area contributed by atoms with E-state index in [0.717, 1.165) is 30.7 Å². The lowest BCUT2D eigenvalue weighted by Crippen LogP contribution is -2.33. The van der Waals surface area contributed by atoms with Gasteiger partial charge in [0.05, 0.1) is 0 Å². The van der Waals surface area contributed by atoms with Crippen LogP contribution in [0.25, 0.3) is 0 Å². The lowest BCUT2D eigenvalue weighted by molar-refractivity contribution is -0.126. The molecule has 23 heavy (non-hydrogen) atoms. The SMILES string of the molecule is O=C(NCc1cccnc1OC1CCCC1)[C@@H]1C[C@H]2CC[C@H]1C2. The molecule has 0 aliphatic heterocycles. The minimum Gasteiger partial charge on any atom is -0.474 e. The van der Waals surface area contributed by atoms with Crippen molar-refractivity contribution in [1.82, 2.24) is 10.3 Å². The van der Waals surface area contributed by atoms with E-state index in [1.807, 2.05) is 12.1 Å². The number of nitrogens with zero attached hydrogens (tertiary/aromatic N) is 1. The minimum absolute atomic E-state index is 0.230. The Labute approximate surface area is 138 Å². The first-order chi connectivity index (χ1) is 11.3. The Morgan fingerprint density at radius 3 is 2.83 bits per heavy atom. The van der Waals surface area contributed by atoms with Crippen molar-refractivity contribution in [3.05, 3.63) is 23.9 Å². The van der Waals surface area contributed by atoms with Crippen molar-refractivity contribution in [2.75, 3.05) is 0 Å². The molecule has 1 amide bonds. The van der Waals surface area contributed by atoms with Gasteiger partial charge in [0.2, 0.25) is 11.8 Å². The number of aromatic nitrogens is 1. The fourth-order valence-electron chi connectivity index (χ4n) is 4.71. The Morgan fingerprint density at radius 2 is 2.09 bits per heavy atom. The van der Waals surface area contributed by atoms with Crippen molar-refractivity contribution in [2.24, 2.45) is 17.8 Å². The van der Waals surface area contributed by atoms with E-state index in [9.17, 15) is 4.79 Å². The molecular weight excluding hydrogens is 288 g/mol. The van der Waals surface area contributed by atoms with Gasteiger partial charge in [0.1, 0.15) is 6.10 Å². The van der Waals surface area contributed by atoms with Crippen molar-refractivity contribution in [1.29, 1.82) is 0 Å². The molecule has 0 aromatic carbocycles. The van der Waals surface area contributed by atoms with Gasteiger partial charge in [-0.15, -0.1) is 0 Å². The number of carbonyl (C=O) groups is 1. The fourth-order valence-corrected chi connectivity index (χ4v) is 4.71. The van der Waals surface area contributed by atoms with Crippen LogP contribution in [0.1, 0.15) is 56.9 Å². The van der Waals surface area contributed by atoms with E-state index < -0.39 is 0 Å². The first kappa shape index (κ1) is 15.0. The molecule has 4 heteroatoms. The molecule has 3 fully saturated rings. The molecule has 4 nitrogen and oxygen atoms in total. The molecule has 4 rings (SSSR count). The maximum Gasteiger partial charge on any atom is 0.223 e. The highest BCUT2D eigenvalue weighted by Crippen LogP contribution is 2.48. The Hall–Kier alpha value is -1.58. The molecule has 3 atom stereocenters. The van der Waals surface area contributed by atoms with Crippen LogP contribution in [0.5, 0.6) is 5.88 Å². The number of amides is 1. The molecule has 1 N–H and O–H groups in total. The highest BCUT2D eigenvalue weighted by Gasteiger charge is 2.42. The van der Waals surface area contributed by atoms with Gasteiger partial charge >= 0.3 is 0 Å². The van der Waals surface area contributed by atoms with Gasteiger partial charge in [0.25, 0.3) is 0 Å². The van der Waals surface area contributed by atoms with E-state index in [4.69, 9.17) is 4.74 Å². The van der Waals surface area contributed by atoms with Crippen LogP contribution < -0.4 is 10.1 Å². The van der Waals surface area contributed by atoms with Crippen LogP contribution in [-0.2, 0) is 11.3 Å². The van der Waals surface area contributed by atoms with E-state index in [2.05, 4.69) is 10.3 Å². The number of carbonyl (C=O) groups excluding carboxylic acids is 1. The largest absolute Gasteiger partial charge is 0.474 e. The second-order valence-electron chi connectivity index (χ2n) is 7.49. The average Bonchev–Trinajstić information content (AvgIpc) is 3.31. The van der Waals surface area contributed by atoms with E-state index in [1.54, 1.807) is 6.20 Å². The number of pyridine rings is 1. The fraction of sp³-hybridized carbons (Fsp3) is 0.684. The second kappa shape index (κ2) is 6.50. The van der Waals surface area contributed by atoms with E-state index >= 15 is 0 Å². The first-order valence-electron chi connectivity index (χ1n) is 9.18. The van der Waals surface area contributed by atoms with Crippen LogP contribution >= 0.6 is 0 Å². The summed E-state index contributed by atoms with van der Waals surface area (Å²) in [5.74, 6) is 2.60. The molecule has 1 aromatic heterocycles. The van der Waals surface area contributed by atoms with Crippen molar-refractivity contribution in [3.8, 4) is 5.88 Å². The Bertz CT molecular complexity index is 568. The smallest absolute Gasteiger partial charge is 0.223 e. The van der Waals surface area contributed by atoms with Gasteiger partial charge in [-0.3, -0.25) is 4.79 Å². The number of nitrogens with one attached hydrogen (secondary N) is 1. The lowest BCUT2D eigenvalue weighted by Gasteiger charge is -2.21. The Kier molecular flexibility index (Phi) is 4.23. The van der Waals surface area contributed by atoms with Crippen molar-refractivity contribution >= 4 is 5.91 Å². The van der Waals surface area contributed by atoms with Crippen molar-refractivity contribution in [2.45, 2.75) is 64.0 Å². The number of hydrogen-bond acceptors (Lipinski definition) is 3. The topological polar surface area (TPSA) is 51.2 Å². The summed E-state index contributed by atoms with van der Waals surface area (Å²) in [5.41, 5.74) is 0.996. The predicted molar refractivity (Wildman–Crippen MR) is 87.9 cm³/mol. The van der Waals surface area contributed by atoms with Gasteiger partial charge in [-0.2, -0.15) is 0 Å². The molecular formula is C19H26N2O2. The second-order valence-corrected chi connectivity index (χ2v) is 7.49. The summed E-state index contributed by atoms with van der Waals surface area (Å²) >= 11 is 0. The molecule has 0 radical (unpaired) electrons. The Balaban J connectivity index is 1.36. The molecule has 2 bridgehead atoms. The zero-order chi connectivity index (χ0) is 15.6. The van der Waals surface area contributed by atoms with Crippen LogP contribution in [0.3, 0.4) is 0 Å². The summed E-state index contributed by atoms with van der Waals surface area (Å²) < 4.78 is 6.05. The third kappa shape index (κ3) is 3.22. The number of fused-ring (bicyclic) bond motifs is 2. The third-order valence-corrected chi connectivity index (χ3v) is 5.96. The summed E-state index contributed by atoms with van der Waals surface area (Å²) in [6.07, 6.45) is 11.7. The summed E-state index contributed by atoms with van der Waals surface area (Å²) in [6, 6.07) is 3.93. The van der Waals surface area contributed by atoms with Crippen LogP contribution in [0.2, 0.25) is 0 Å². The molecule has 0 spiro atoms. The maximum atomic E-state index is 12.5. The zero-order valence-electron chi connectivity index (χ0n) is 13.7. The van der Waals surface area contributed by atoms with Gasteiger partial charge in [0, 0.05) is 24.2 Å². The highest BCUT2D eigenvalue weighted by molar-refractivity contribution is 5.79. The van der Waals surface area contributed by atoms with Gasteiger partial charge in [-0.25, -0.2) is 4.98 Å². The van der Waals surface area contributed by atoms with Crippen molar-refractivity contribution in [3.63, 3.8) is 0 Å². The summed E-state index contributed by atoms with van der Waals surface area (Å²) in [5, 5.41) is 3.13. The van der Waals surface area contributed by atoms with Crippen molar-refractivity contribution < 1.29 is 9.53 Å². The van der Waals surface area contributed by atoms with Crippen LogP contribution in [-0.4, -0.2) is 17.0 Å².